The highest BCUT2D eigenvalue weighted by Crippen LogP contribution is 2.41. The van der Waals surface area contributed by atoms with Crippen LogP contribution in [0.2, 0.25) is 0 Å². The fourth-order valence-electron chi connectivity index (χ4n) is 4.49. The van der Waals surface area contributed by atoms with Crippen LogP contribution in [0.4, 0.5) is 0 Å². The van der Waals surface area contributed by atoms with Crippen LogP contribution in [0.15, 0.2) is 108 Å². The van der Waals surface area contributed by atoms with Gasteiger partial charge < -0.3 is 9.30 Å². The van der Waals surface area contributed by atoms with Gasteiger partial charge in [-0.2, -0.15) is 0 Å². The number of rotatable bonds is 9. The van der Waals surface area contributed by atoms with Crippen LogP contribution in [-0.4, -0.2) is 16.2 Å². The van der Waals surface area contributed by atoms with Gasteiger partial charge in [0, 0.05) is 11.4 Å². The number of hydrogen-bond donors (Lipinski definition) is 0. The first-order valence-corrected chi connectivity index (χ1v) is 13.0. The number of benzene rings is 4. The van der Waals surface area contributed by atoms with Gasteiger partial charge in [-0.3, -0.25) is 0 Å². The minimum absolute atomic E-state index is 0.0885. The van der Waals surface area contributed by atoms with Gasteiger partial charge >= 0.3 is 0 Å². The van der Waals surface area contributed by atoms with Crippen LogP contribution in [0.3, 0.4) is 0 Å². The molecular weight excluding hydrogens is 448 g/mol. The van der Waals surface area contributed by atoms with Gasteiger partial charge in [0.1, 0.15) is 11.6 Å². The molecule has 0 fully saturated rings. The van der Waals surface area contributed by atoms with Crippen LogP contribution in [0.5, 0.6) is 5.75 Å². The second-order valence-corrected chi connectivity index (χ2v) is 9.93. The molecule has 0 saturated heterocycles. The Hall–Kier alpha value is -3.50. The summed E-state index contributed by atoms with van der Waals surface area (Å²) in [4.78, 5) is 6.39. The lowest BCUT2D eigenvalue weighted by atomic mass is 10.1. The van der Waals surface area contributed by atoms with Crippen molar-refractivity contribution in [1.82, 2.24) is 9.55 Å². The summed E-state index contributed by atoms with van der Waals surface area (Å²) >= 11 is 1.85. The van der Waals surface area contributed by atoms with Crippen LogP contribution in [-0.2, 0) is 6.54 Å². The topological polar surface area (TPSA) is 27.1 Å². The molecule has 3 nitrogen and oxygen atoms in total. The third kappa shape index (κ3) is 5.28. The second-order valence-electron chi connectivity index (χ2n) is 8.75. The van der Waals surface area contributed by atoms with E-state index < -0.39 is 0 Å². The Bertz CT molecular complexity index is 1380. The normalized spacial score (nSPS) is 12.1. The highest BCUT2D eigenvalue weighted by atomic mass is 32.2. The lowest BCUT2D eigenvalue weighted by Crippen LogP contribution is -2.11. The minimum atomic E-state index is 0.0885. The van der Waals surface area contributed by atoms with Crippen molar-refractivity contribution in [2.24, 2.45) is 0 Å². The van der Waals surface area contributed by atoms with Gasteiger partial charge in [0.25, 0.3) is 0 Å². The number of fused-ring (bicyclic) bond motifs is 1. The molecule has 35 heavy (non-hydrogen) atoms. The molecule has 0 spiro atoms. The quantitative estimate of drug-likeness (QED) is 0.159. The zero-order valence-electron chi connectivity index (χ0n) is 20.2. The SMILES string of the molecule is Cc1cccc(C)c1OCCCn1c(C(Sc2ccccc2)c2ccccc2)nc2ccccc21. The summed E-state index contributed by atoms with van der Waals surface area (Å²) in [6, 6.07) is 36.0. The third-order valence-corrected chi connectivity index (χ3v) is 7.46. The molecule has 0 N–H and O–H groups in total. The van der Waals surface area contributed by atoms with Crippen molar-refractivity contribution in [3.8, 4) is 5.75 Å². The standard InChI is InChI=1S/C31H30N2OS/c1-23-13-11-14-24(2)29(23)34-22-12-21-33-28-20-10-9-19-27(28)32-31(33)30(25-15-5-3-6-16-25)35-26-17-7-4-8-18-26/h3-11,13-20,30H,12,21-22H2,1-2H3. The zero-order valence-corrected chi connectivity index (χ0v) is 21.0. The second kappa shape index (κ2) is 10.8. The van der Waals surface area contributed by atoms with E-state index in [9.17, 15) is 0 Å². The first kappa shape index (κ1) is 23.3. The molecule has 4 aromatic carbocycles. The maximum absolute atomic E-state index is 6.22. The van der Waals surface area contributed by atoms with Crippen LogP contribution < -0.4 is 4.74 Å². The summed E-state index contributed by atoms with van der Waals surface area (Å²) in [6.07, 6.45) is 0.901. The van der Waals surface area contributed by atoms with Crippen molar-refractivity contribution in [2.45, 2.75) is 37.0 Å². The molecule has 5 aromatic rings. The van der Waals surface area contributed by atoms with E-state index in [1.807, 2.05) is 11.8 Å². The Kier molecular flexibility index (Phi) is 7.20. The molecular formula is C31H30N2OS. The largest absolute Gasteiger partial charge is 0.493 e. The van der Waals surface area contributed by atoms with Crippen molar-refractivity contribution < 1.29 is 4.74 Å². The molecule has 4 heteroatoms. The van der Waals surface area contributed by atoms with E-state index in [4.69, 9.17) is 9.72 Å². The molecule has 1 heterocycles. The molecule has 5 rings (SSSR count). The molecule has 0 aliphatic carbocycles. The average Bonchev–Trinajstić information content (AvgIpc) is 3.26. The number of thioether (sulfide) groups is 1. The van der Waals surface area contributed by atoms with Crippen LogP contribution in [0, 0.1) is 13.8 Å². The van der Waals surface area contributed by atoms with Gasteiger partial charge in [0.15, 0.2) is 0 Å². The molecule has 0 saturated carbocycles. The van der Waals surface area contributed by atoms with Crippen molar-refractivity contribution >= 4 is 22.8 Å². The lowest BCUT2D eigenvalue weighted by molar-refractivity contribution is 0.298. The van der Waals surface area contributed by atoms with Gasteiger partial charge in [-0.15, -0.1) is 11.8 Å². The summed E-state index contributed by atoms with van der Waals surface area (Å²) in [5.74, 6) is 2.09. The summed E-state index contributed by atoms with van der Waals surface area (Å²) in [7, 11) is 0. The molecule has 0 bridgehead atoms. The minimum Gasteiger partial charge on any atom is -0.493 e. The van der Waals surface area contributed by atoms with Crippen molar-refractivity contribution in [2.75, 3.05) is 6.61 Å². The summed E-state index contributed by atoms with van der Waals surface area (Å²) in [5.41, 5.74) is 5.82. The number of ether oxygens (including phenoxy) is 1. The Labute approximate surface area is 211 Å². The summed E-state index contributed by atoms with van der Waals surface area (Å²) in [6.45, 7) is 5.73. The van der Waals surface area contributed by atoms with E-state index in [1.54, 1.807) is 0 Å². The predicted molar refractivity (Wildman–Crippen MR) is 146 cm³/mol. The number of aryl methyl sites for hydroxylation is 3. The molecule has 0 amide bonds. The lowest BCUT2D eigenvalue weighted by Gasteiger charge is -2.19. The predicted octanol–water partition coefficient (Wildman–Crippen LogP) is 8.00. The fourth-order valence-corrected chi connectivity index (χ4v) is 5.65. The maximum atomic E-state index is 6.22. The number of imidazole rings is 1. The van der Waals surface area contributed by atoms with Crippen molar-refractivity contribution in [1.29, 1.82) is 0 Å². The Morgan fingerprint density at radius 2 is 1.43 bits per heavy atom. The van der Waals surface area contributed by atoms with Crippen molar-refractivity contribution in [3.63, 3.8) is 0 Å². The molecule has 1 unspecified atom stereocenters. The monoisotopic (exact) mass is 478 g/mol. The summed E-state index contributed by atoms with van der Waals surface area (Å²) in [5, 5.41) is 0.0885. The Morgan fingerprint density at radius 1 is 0.771 bits per heavy atom. The third-order valence-electron chi connectivity index (χ3n) is 6.20. The zero-order chi connectivity index (χ0) is 24.0. The highest BCUT2D eigenvalue weighted by Gasteiger charge is 2.23. The number of aromatic nitrogens is 2. The molecule has 1 atom stereocenters. The molecule has 1 aromatic heterocycles. The van der Waals surface area contributed by atoms with Crippen LogP contribution >= 0.6 is 11.8 Å². The molecule has 0 aliphatic rings. The first-order chi connectivity index (χ1) is 17.2. The molecule has 176 valence electrons. The van der Waals surface area contributed by atoms with Gasteiger partial charge in [-0.25, -0.2) is 4.98 Å². The maximum Gasteiger partial charge on any atom is 0.127 e. The number of nitrogens with zero attached hydrogens (tertiary/aromatic N) is 2. The summed E-state index contributed by atoms with van der Waals surface area (Å²) < 4.78 is 8.61. The number of hydrogen-bond acceptors (Lipinski definition) is 3. The molecule has 0 aliphatic heterocycles. The molecule has 0 radical (unpaired) electrons. The average molecular weight is 479 g/mol. The number of para-hydroxylation sites is 3. The van der Waals surface area contributed by atoms with Gasteiger partial charge in [0.05, 0.1) is 22.9 Å². The van der Waals surface area contributed by atoms with Crippen LogP contribution in [0.25, 0.3) is 11.0 Å². The Balaban J connectivity index is 1.45. The van der Waals surface area contributed by atoms with Gasteiger partial charge in [-0.1, -0.05) is 78.9 Å². The fraction of sp³-hybridized carbons (Fsp3) is 0.194. The van der Waals surface area contributed by atoms with E-state index in [0.717, 1.165) is 30.1 Å². The van der Waals surface area contributed by atoms with E-state index in [-0.39, 0.29) is 5.25 Å². The van der Waals surface area contributed by atoms with E-state index in [0.29, 0.717) is 6.61 Å². The van der Waals surface area contributed by atoms with Gasteiger partial charge in [-0.05, 0) is 61.2 Å². The van der Waals surface area contributed by atoms with E-state index in [2.05, 4.69) is 122 Å². The van der Waals surface area contributed by atoms with Crippen LogP contribution in [0.1, 0.15) is 34.2 Å². The van der Waals surface area contributed by atoms with Crippen molar-refractivity contribution in [3.05, 3.63) is 126 Å². The Morgan fingerprint density at radius 3 is 2.17 bits per heavy atom. The first-order valence-electron chi connectivity index (χ1n) is 12.1. The van der Waals surface area contributed by atoms with E-state index in [1.165, 1.54) is 27.1 Å². The van der Waals surface area contributed by atoms with E-state index >= 15 is 0 Å². The highest BCUT2D eigenvalue weighted by molar-refractivity contribution is 7.99. The van der Waals surface area contributed by atoms with Gasteiger partial charge in [0.2, 0.25) is 0 Å². The smallest absolute Gasteiger partial charge is 0.127 e.